The van der Waals surface area contributed by atoms with E-state index in [9.17, 15) is 9.59 Å². The van der Waals surface area contributed by atoms with E-state index in [0.717, 1.165) is 0 Å². The second kappa shape index (κ2) is 5.88. The average Bonchev–Trinajstić information content (AvgIpc) is 2.41. The maximum atomic E-state index is 12.0. The molecule has 102 valence electrons. The number of hydrogen-bond donors (Lipinski definition) is 3. The summed E-state index contributed by atoms with van der Waals surface area (Å²) < 4.78 is 0. The molecule has 3 N–H and O–H groups in total. The van der Waals surface area contributed by atoms with Gasteiger partial charge >= 0.3 is 0 Å². The van der Waals surface area contributed by atoms with Gasteiger partial charge in [0.15, 0.2) is 0 Å². The third kappa shape index (κ3) is 3.58. The van der Waals surface area contributed by atoms with Crippen molar-refractivity contribution in [2.45, 2.75) is 6.92 Å². The number of aromatic hydroxyl groups is 1. The normalized spacial score (nSPS) is 9.85. The largest absolute Gasteiger partial charge is 0.508 e. The molecule has 0 aliphatic carbocycles. The number of hydrogen-bond acceptors (Lipinski definition) is 3. The number of phenols is 1. The summed E-state index contributed by atoms with van der Waals surface area (Å²) in [6, 6.07) is 12.8. The zero-order chi connectivity index (χ0) is 14.5. The van der Waals surface area contributed by atoms with Crippen molar-refractivity contribution >= 4 is 23.2 Å². The molecule has 2 aromatic rings. The van der Waals surface area contributed by atoms with Gasteiger partial charge in [0, 0.05) is 23.9 Å². The molecule has 0 spiro atoms. The highest BCUT2D eigenvalue weighted by Crippen LogP contribution is 2.15. The van der Waals surface area contributed by atoms with Crippen molar-refractivity contribution in [3.63, 3.8) is 0 Å². The molecule has 5 nitrogen and oxygen atoms in total. The minimum Gasteiger partial charge on any atom is -0.508 e. The SMILES string of the molecule is CC(=O)Nc1ccc(C(=O)Nc2ccc(O)cc2)cc1. The molecule has 0 radical (unpaired) electrons. The topological polar surface area (TPSA) is 78.4 Å². The first-order valence-electron chi connectivity index (χ1n) is 6.02. The summed E-state index contributed by atoms with van der Waals surface area (Å²) in [5.41, 5.74) is 1.71. The van der Waals surface area contributed by atoms with Crippen LogP contribution in [0.15, 0.2) is 48.5 Å². The molecule has 20 heavy (non-hydrogen) atoms. The van der Waals surface area contributed by atoms with E-state index in [0.29, 0.717) is 16.9 Å². The number of carbonyl (C=O) groups is 2. The summed E-state index contributed by atoms with van der Waals surface area (Å²) in [4.78, 5) is 22.9. The van der Waals surface area contributed by atoms with Gasteiger partial charge in [0.2, 0.25) is 5.91 Å². The summed E-state index contributed by atoms with van der Waals surface area (Å²) in [5, 5.41) is 14.5. The number of amides is 2. The third-order valence-corrected chi connectivity index (χ3v) is 2.59. The molecule has 0 unspecified atom stereocenters. The second-order valence-electron chi connectivity index (χ2n) is 4.26. The van der Waals surface area contributed by atoms with Crippen LogP contribution in [-0.4, -0.2) is 16.9 Å². The van der Waals surface area contributed by atoms with Crippen LogP contribution in [0.1, 0.15) is 17.3 Å². The van der Waals surface area contributed by atoms with E-state index in [2.05, 4.69) is 10.6 Å². The van der Waals surface area contributed by atoms with Gasteiger partial charge in [-0.3, -0.25) is 9.59 Å². The summed E-state index contributed by atoms with van der Waals surface area (Å²) >= 11 is 0. The Bertz CT molecular complexity index is 619. The van der Waals surface area contributed by atoms with Crippen LogP contribution in [0.5, 0.6) is 5.75 Å². The number of carbonyl (C=O) groups excluding carboxylic acids is 2. The van der Waals surface area contributed by atoms with Crippen LogP contribution in [-0.2, 0) is 4.79 Å². The highest BCUT2D eigenvalue weighted by molar-refractivity contribution is 6.04. The zero-order valence-electron chi connectivity index (χ0n) is 10.9. The average molecular weight is 270 g/mol. The lowest BCUT2D eigenvalue weighted by Crippen LogP contribution is -2.12. The molecule has 0 aliphatic rings. The first-order chi connectivity index (χ1) is 9.54. The Kier molecular flexibility index (Phi) is 4.00. The summed E-state index contributed by atoms with van der Waals surface area (Å²) in [6.07, 6.45) is 0. The first kappa shape index (κ1) is 13.6. The van der Waals surface area contributed by atoms with E-state index < -0.39 is 0 Å². The van der Waals surface area contributed by atoms with E-state index in [1.165, 1.54) is 19.1 Å². The molecule has 0 saturated carbocycles. The van der Waals surface area contributed by atoms with Crippen LogP contribution in [0.25, 0.3) is 0 Å². The van der Waals surface area contributed by atoms with Gasteiger partial charge in [-0.25, -0.2) is 0 Å². The van der Waals surface area contributed by atoms with Crippen molar-refractivity contribution in [3.8, 4) is 5.75 Å². The molecule has 5 heteroatoms. The minimum absolute atomic E-state index is 0.141. The quantitative estimate of drug-likeness (QED) is 0.750. The number of nitrogens with one attached hydrogen (secondary N) is 2. The van der Waals surface area contributed by atoms with E-state index in [1.807, 2.05) is 0 Å². The van der Waals surface area contributed by atoms with Gasteiger partial charge in [-0.05, 0) is 48.5 Å². The predicted octanol–water partition coefficient (Wildman–Crippen LogP) is 2.60. The summed E-state index contributed by atoms with van der Waals surface area (Å²) in [5.74, 6) is -0.279. The van der Waals surface area contributed by atoms with Gasteiger partial charge in [0.25, 0.3) is 5.91 Å². The van der Waals surface area contributed by atoms with Crippen LogP contribution < -0.4 is 10.6 Å². The number of benzene rings is 2. The van der Waals surface area contributed by atoms with Crippen LogP contribution >= 0.6 is 0 Å². The van der Waals surface area contributed by atoms with Crippen LogP contribution in [0.2, 0.25) is 0 Å². The lowest BCUT2D eigenvalue weighted by atomic mass is 10.2. The Labute approximate surface area is 116 Å². The van der Waals surface area contributed by atoms with Gasteiger partial charge in [0.05, 0.1) is 0 Å². The fraction of sp³-hybridized carbons (Fsp3) is 0.0667. The Morgan fingerprint density at radius 3 is 1.90 bits per heavy atom. The second-order valence-corrected chi connectivity index (χ2v) is 4.26. The Balaban J connectivity index is 2.05. The molecule has 0 aliphatic heterocycles. The molecule has 0 heterocycles. The molecule has 0 atom stereocenters. The van der Waals surface area contributed by atoms with Gasteiger partial charge in [-0.15, -0.1) is 0 Å². The van der Waals surface area contributed by atoms with Crippen molar-refractivity contribution in [1.29, 1.82) is 0 Å². The first-order valence-corrected chi connectivity index (χ1v) is 6.02. The molecule has 2 aromatic carbocycles. The van der Waals surface area contributed by atoms with E-state index >= 15 is 0 Å². The van der Waals surface area contributed by atoms with Crippen LogP contribution in [0.4, 0.5) is 11.4 Å². The molecular formula is C15H14N2O3. The van der Waals surface area contributed by atoms with Crippen LogP contribution in [0, 0.1) is 0 Å². The van der Waals surface area contributed by atoms with Gasteiger partial charge in [-0.2, -0.15) is 0 Å². The highest BCUT2D eigenvalue weighted by Gasteiger charge is 2.06. The van der Waals surface area contributed by atoms with E-state index in [1.54, 1.807) is 36.4 Å². The Morgan fingerprint density at radius 2 is 1.35 bits per heavy atom. The minimum atomic E-state index is -0.259. The Morgan fingerprint density at radius 1 is 0.850 bits per heavy atom. The maximum absolute atomic E-state index is 12.0. The van der Waals surface area contributed by atoms with Crippen molar-refractivity contribution in [2.75, 3.05) is 10.6 Å². The number of rotatable bonds is 3. The van der Waals surface area contributed by atoms with Crippen molar-refractivity contribution in [3.05, 3.63) is 54.1 Å². The molecule has 0 bridgehead atoms. The molecule has 2 amide bonds. The standard InChI is InChI=1S/C15H14N2O3/c1-10(18)16-12-4-2-11(3-5-12)15(20)17-13-6-8-14(19)9-7-13/h2-9,19H,1H3,(H,16,18)(H,17,20). The predicted molar refractivity (Wildman–Crippen MR) is 76.8 cm³/mol. The summed E-state index contributed by atoms with van der Waals surface area (Å²) in [6.45, 7) is 1.42. The highest BCUT2D eigenvalue weighted by atomic mass is 16.3. The number of anilines is 2. The van der Waals surface area contributed by atoms with Crippen molar-refractivity contribution < 1.29 is 14.7 Å². The molecule has 0 saturated heterocycles. The van der Waals surface area contributed by atoms with Crippen molar-refractivity contribution in [1.82, 2.24) is 0 Å². The lowest BCUT2D eigenvalue weighted by Gasteiger charge is -2.06. The molecule has 2 rings (SSSR count). The summed E-state index contributed by atoms with van der Waals surface area (Å²) in [7, 11) is 0. The van der Waals surface area contributed by atoms with Crippen LogP contribution in [0.3, 0.4) is 0 Å². The smallest absolute Gasteiger partial charge is 0.255 e. The number of phenolic OH excluding ortho intramolecular Hbond substituents is 1. The fourth-order valence-electron chi connectivity index (χ4n) is 1.66. The maximum Gasteiger partial charge on any atom is 0.255 e. The van der Waals surface area contributed by atoms with E-state index in [-0.39, 0.29) is 17.6 Å². The monoisotopic (exact) mass is 270 g/mol. The molecule has 0 aromatic heterocycles. The Hall–Kier alpha value is -2.82. The van der Waals surface area contributed by atoms with Crippen molar-refractivity contribution in [2.24, 2.45) is 0 Å². The van der Waals surface area contributed by atoms with Gasteiger partial charge < -0.3 is 15.7 Å². The van der Waals surface area contributed by atoms with Gasteiger partial charge in [-0.1, -0.05) is 0 Å². The van der Waals surface area contributed by atoms with E-state index in [4.69, 9.17) is 5.11 Å². The molecule has 0 fully saturated rings. The fourth-order valence-corrected chi connectivity index (χ4v) is 1.66. The molecular weight excluding hydrogens is 256 g/mol. The van der Waals surface area contributed by atoms with Gasteiger partial charge in [0.1, 0.15) is 5.75 Å². The lowest BCUT2D eigenvalue weighted by molar-refractivity contribution is -0.114. The zero-order valence-corrected chi connectivity index (χ0v) is 10.9. The third-order valence-electron chi connectivity index (χ3n) is 2.59.